The third kappa shape index (κ3) is 5.21. The average Bonchev–Trinajstić information content (AvgIpc) is 2.31. The molecule has 0 spiro atoms. The Kier molecular flexibility index (Phi) is 5.47. The fourth-order valence-corrected chi connectivity index (χ4v) is 1.78. The van der Waals surface area contributed by atoms with E-state index in [1.54, 1.807) is 0 Å². The fraction of sp³-hybridized carbons (Fsp3) is 0.500. The van der Waals surface area contributed by atoms with Gasteiger partial charge in [0.05, 0.1) is 11.5 Å². The molecular formula is C14H19ClN2. The van der Waals surface area contributed by atoms with E-state index in [4.69, 9.17) is 16.9 Å². The van der Waals surface area contributed by atoms with Crippen LogP contribution in [0.3, 0.4) is 0 Å². The minimum Gasteiger partial charge on any atom is -0.313 e. The first kappa shape index (κ1) is 14.0. The maximum Gasteiger partial charge on any atom is 0.0683 e. The summed E-state index contributed by atoms with van der Waals surface area (Å²) in [5.41, 5.74) is 0.903. The van der Waals surface area contributed by atoms with E-state index in [-0.39, 0.29) is 5.41 Å². The number of rotatable bonds is 6. The van der Waals surface area contributed by atoms with Gasteiger partial charge in [-0.15, -0.1) is 0 Å². The standard InChI is InChI=1S/C14H19ClN2/c1-14(2,11-16)8-5-9-17-10-12-6-3-4-7-13(12)15/h3-4,6-7,17H,5,8-10H2,1-2H3. The van der Waals surface area contributed by atoms with Gasteiger partial charge in [0.25, 0.3) is 0 Å². The quantitative estimate of drug-likeness (QED) is 0.781. The second-order valence-corrected chi connectivity index (χ2v) is 5.27. The highest BCUT2D eigenvalue weighted by atomic mass is 35.5. The highest BCUT2D eigenvalue weighted by Crippen LogP contribution is 2.20. The Morgan fingerprint density at radius 1 is 1.35 bits per heavy atom. The molecule has 3 heteroatoms. The van der Waals surface area contributed by atoms with E-state index in [1.165, 1.54) is 0 Å². The van der Waals surface area contributed by atoms with Crippen LogP contribution in [-0.2, 0) is 6.54 Å². The predicted octanol–water partition coefficient (Wildman–Crippen LogP) is 3.76. The molecule has 0 amide bonds. The molecule has 0 aromatic heterocycles. The number of halogens is 1. The molecule has 2 nitrogen and oxygen atoms in total. The highest BCUT2D eigenvalue weighted by Gasteiger charge is 2.15. The summed E-state index contributed by atoms with van der Waals surface area (Å²) in [6.45, 7) is 5.64. The van der Waals surface area contributed by atoms with Gasteiger partial charge in [-0.05, 0) is 44.9 Å². The van der Waals surface area contributed by atoms with Crippen LogP contribution in [-0.4, -0.2) is 6.54 Å². The summed E-state index contributed by atoms with van der Waals surface area (Å²) in [6.07, 6.45) is 1.92. The van der Waals surface area contributed by atoms with Crippen LogP contribution < -0.4 is 5.32 Å². The molecule has 1 aromatic rings. The van der Waals surface area contributed by atoms with Gasteiger partial charge in [0.15, 0.2) is 0 Å². The van der Waals surface area contributed by atoms with E-state index in [0.717, 1.165) is 36.5 Å². The maximum atomic E-state index is 8.88. The number of benzene rings is 1. The van der Waals surface area contributed by atoms with Crippen LogP contribution in [0.1, 0.15) is 32.3 Å². The molecular weight excluding hydrogens is 232 g/mol. The Hall–Kier alpha value is -1.04. The van der Waals surface area contributed by atoms with Gasteiger partial charge in [-0.3, -0.25) is 0 Å². The van der Waals surface area contributed by atoms with Crippen LogP contribution in [0, 0.1) is 16.7 Å². The summed E-state index contributed by atoms with van der Waals surface area (Å²) in [5, 5.41) is 13.0. The lowest BCUT2D eigenvalue weighted by atomic mass is 9.90. The highest BCUT2D eigenvalue weighted by molar-refractivity contribution is 6.31. The van der Waals surface area contributed by atoms with E-state index in [9.17, 15) is 0 Å². The van der Waals surface area contributed by atoms with E-state index >= 15 is 0 Å². The molecule has 1 rings (SSSR count). The molecule has 0 aliphatic heterocycles. The first-order valence-corrected chi connectivity index (χ1v) is 6.28. The fourth-order valence-electron chi connectivity index (χ4n) is 1.58. The Morgan fingerprint density at radius 2 is 2.06 bits per heavy atom. The molecule has 0 saturated heterocycles. The lowest BCUT2D eigenvalue weighted by Gasteiger charge is -2.14. The smallest absolute Gasteiger partial charge is 0.0683 e. The summed E-state index contributed by atoms with van der Waals surface area (Å²) in [5.74, 6) is 0. The first-order valence-electron chi connectivity index (χ1n) is 5.90. The Balaban J connectivity index is 2.22. The largest absolute Gasteiger partial charge is 0.313 e. The van der Waals surface area contributed by atoms with Crippen molar-refractivity contribution in [2.45, 2.75) is 33.2 Å². The molecule has 17 heavy (non-hydrogen) atoms. The molecule has 0 atom stereocenters. The summed E-state index contributed by atoms with van der Waals surface area (Å²) >= 11 is 6.05. The number of hydrogen-bond acceptors (Lipinski definition) is 2. The second kappa shape index (κ2) is 6.64. The van der Waals surface area contributed by atoms with Crippen LogP contribution in [0.5, 0.6) is 0 Å². The number of nitrogens with zero attached hydrogens (tertiary/aromatic N) is 1. The lowest BCUT2D eigenvalue weighted by molar-refractivity contribution is 0.426. The zero-order valence-corrected chi connectivity index (χ0v) is 11.2. The first-order chi connectivity index (χ1) is 8.05. The molecule has 0 unspecified atom stereocenters. The molecule has 0 fully saturated rings. The normalized spacial score (nSPS) is 11.2. The van der Waals surface area contributed by atoms with Gasteiger partial charge in [0.2, 0.25) is 0 Å². The molecule has 0 aliphatic rings. The van der Waals surface area contributed by atoms with Crippen molar-refractivity contribution in [1.82, 2.24) is 5.32 Å². The average molecular weight is 251 g/mol. The van der Waals surface area contributed by atoms with Gasteiger partial charge in [0.1, 0.15) is 0 Å². The SMILES string of the molecule is CC(C)(C#N)CCCNCc1ccccc1Cl. The summed E-state index contributed by atoms with van der Waals surface area (Å²) < 4.78 is 0. The van der Waals surface area contributed by atoms with Crippen molar-refractivity contribution in [1.29, 1.82) is 5.26 Å². The molecule has 0 heterocycles. The van der Waals surface area contributed by atoms with Crippen molar-refractivity contribution < 1.29 is 0 Å². The van der Waals surface area contributed by atoms with E-state index in [2.05, 4.69) is 11.4 Å². The van der Waals surface area contributed by atoms with Crippen molar-refractivity contribution >= 4 is 11.6 Å². The number of nitrogens with one attached hydrogen (secondary N) is 1. The molecule has 92 valence electrons. The molecule has 0 bridgehead atoms. The van der Waals surface area contributed by atoms with E-state index in [1.807, 2.05) is 38.1 Å². The Labute approximate surface area is 109 Å². The Morgan fingerprint density at radius 3 is 2.71 bits per heavy atom. The van der Waals surface area contributed by atoms with Gasteiger partial charge >= 0.3 is 0 Å². The van der Waals surface area contributed by atoms with Crippen molar-refractivity contribution in [3.8, 4) is 6.07 Å². The van der Waals surface area contributed by atoms with Crippen molar-refractivity contribution in [3.05, 3.63) is 34.9 Å². The van der Waals surface area contributed by atoms with Crippen LogP contribution in [0.25, 0.3) is 0 Å². The van der Waals surface area contributed by atoms with Gasteiger partial charge in [0, 0.05) is 11.6 Å². The van der Waals surface area contributed by atoms with Crippen LogP contribution in [0.4, 0.5) is 0 Å². The molecule has 0 aliphatic carbocycles. The minimum atomic E-state index is -0.216. The zero-order valence-electron chi connectivity index (χ0n) is 10.5. The third-order valence-corrected chi connectivity index (χ3v) is 3.10. The van der Waals surface area contributed by atoms with Crippen LogP contribution >= 0.6 is 11.6 Å². The Bertz CT molecular complexity index is 393. The summed E-state index contributed by atoms with van der Waals surface area (Å²) in [4.78, 5) is 0. The van der Waals surface area contributed by atoms with Crippen molar-refractivity contribution in [2.75, 3.05) is 6.54 Å². The molecule has 1 aromatic carbocycles. The van der Waals surface area contributed by atoms with E-state index in [0.29, 0.717) is 0 Å². The monoisotopic (exact) mass is 250 g/mol. The second-order valence-electron chi connectivity index (χ2n) is 4.87. The zero-order chi connectivity index (χ0) is 12.7. The molecule has 0 radical (unpaired) electrons. The van der Waals surface area contributed by atoms with Crippen molar-refractivity contribution in [2.24, 2.45) is 5.41 Å². The van der Waals surface area contributed by atoms with Gasteiger partial charge in [-0.2, -0.15) is 5.26 Å². The van der Waals surface area contributed by atoms with E-state index < -0.39 is 0 Å². The van der Waals surface area contributed by atoms with Crippen LogP contribution in [0.15, 0.2) is 24.3 Å². The van der Waals surface area contributed by atoms with Gasteiger partial charge in [-0.25, -0.2) is 0 Å². The van der Waals surface area contributed by atoms with Gasteiger partial charge < -0.3 is 5.32 Å². The summed E-state index contributed by atoms with van der Waals surface area (Å²) in [6, 6.07) is 10.2. The van der Waals surface area contributed by atoms with Gasteiger partial charge in [-0.1, -0.05) is 29.8 Å². The summed E-state index contributed by atoms with van der Waals surface area (Å²) in [7, 11) is 0. The van der Waals surface area contributed by atoms with Crippen molar-refractivity contribution in [3.63, 3.8) is 0 Å². The number of hydrogen-bond donors (Lipinski definition) is 1. The predicted molar refractivity (Wildman–Crippen MR) is 71.8 cm³/mol. The number of nitriles is 1. The third-order valence-electron chi connectivity index (χ3n) is 2.73. The maximum absolute atomic E-state index is 8.88. The minimum absolute atomic E-state index is 0.216. The topological polar surface area (TPSA) is 35.8 Å². The van der Waals surface area contributed by atoms with Crippen LogP contribution in [0.2, 0.25) is 5.02 Å². The molecule has 0 saturated carbocycles. The lowest BCUT2D eigenvalue weighted by Crippen LogP contribution is -2.17. The molecule has 1 N–H and O–H groups in total.